The first-order valence-corrected chi connectivity index (χ1v) is 7.45. The molecule has 0 atom stereocenters. The number of nitrogens with one attached hydrogen (secondary N) is 1. The third-order valence-corrected chi connectivity index (χ3v) is 3.42. The fourth-order valence-electron chi connectivity index (χ4n) is 2.25. The van der Waals surface area contributed by atoms with Crippen LogP contribution in [0.5, 0.6) is 0 Å². The van der Waals surface area contributed by atoms with Crippen LogP contribution in [0.1, 0.15) is 26.3 Å². The Morgan fingerprint density at radius 1 is 0.952 bits per heavy atom. The Labute approximate surface area is 126 Å². The Morgan fingerprint density at radius 3 is 1.95 bits per heavy atom. The lowest BCUT2D eigenvalue weighted by Gasteiger charge is -2.23. The molecule has 0 bridgehead atoms. The van der Waals surface area contributed by atoms with Crippen molar-refractivity contribution in [2.75, 3.05) is 11.4 Å². The Hall–Kier alpha value is -1.87. The number of nitrogens with zero attached hydrogens (tertiary/aromatic N) is 1. The van der Waals surface area contributed by atoms with Crippen molar-refractivity contribution >= 4 is 11.4 Å². The highest BCUT2D eigenvalue weighted by atomic mass is 19.1. The Kier molecular flexibility index (Phi) is 5.34. The van der Waals surface area contributed by atoms with E-state index < -0.39 is 0 Å². The van der Waals surface area contributed by atoms with E-state index in [2.05, 4.69) is 55.3 Å². The Bertz CT molecular complexity index is 546. The second-order valence-corrected chi connectivity index (χ2v) is 5.42. The van der Waals surface area contributed by atoms with Gasteiger partial charge in [-0.2, -0.15) is 0 Å². The molecule has 0 saturated heterocycles. The van der Waals surface area contributed by atoms with Crippen molar-refractivity contribution in [3.63, 3.8) is 0 Å². The van der Waals surface area contributed by atoms with Gasteiger partial charge in [-0.15, -0.1) is 0 Å². The van der Waals surface area contributed by atoms with Gasteiger partial charge in [0.1, 0.15) is 5.82 Å². The zero-order valence-corrected chi connectivity index (χ0v) is 12.9. The fourth-order valence-corrected chi connectivity index (χ4v) is 2.25. The normalized spacial score (nSPS) is 10.9. The number of hydrogen-bond donors (Lipinski definition) is 1. The molecule has 0 saturated carbocycles. The minimum absolute atomic E-state index is 0.204. The molecule has 3 heteroatoms. The molecule has 0 unspecified atom stereocenters. The van der Waals surface area contributed by atoms with Crippen molar-refractivity contribution < 1.29 is 4.39 Å². The van der Waals surface area contributed by atoms with Crippen molar-refractivity contribution in [2.24, 2.45) is 0 Å². The third-order valence-electron chi connectivity index (χ3n) is 3.42. The summed E-state index contributed by atoms with van der Waals surface area (Å²) in [6.07, 6.45) is 0. The molecule has 0 aliphatic rings. The van der Waals surface area contributed by atoms with Gasteiger partial charge in [-0.1, -0.05) is 26.0 Å². The maximum atomic E-state index is 13.0. The van der Waals surface area contributed by atoms with Gasteiger partial charge in [0.2, 0.25) is 0 Å². The van der Waals surface area contributed by atoms with E-state index in [1.165, 1.54) is 17.7 Å². The van der Waals surface area contributed by atoms with E-state index in [0.717, 1.165) is 24.5 Å². The highest BCUT2D eigenvalue weighted by Crippen LogP contribution is 2.25. The predicted molar refractivity (Wildman–Crippen MR) is 87.5 cm³/mol. The number of rotatable bonds is 6. The molecule has 2 aromatic rings. The van der Waals surface area contributed by atoms with Crippen LogP contribution in [0.3, 0.4) is 0 Å². The molecule has 0 fully saturated rings. The van der Waals surface area contributed by atoms with Gasteiger partial charge in [0.25, 0.3) is 0 Å². The molecule has 2 rings (SSSR count). The van der Waals surface area contributed by atoms with E-state index in [9.17, 15) is 4.39 Å². The minimum atomic E-state index is -0.204. The molecule has 2 aromatic carbocycles. The van der Waals surface area contributed by atoms with Gasteiger partial charge in [0.05, 0.1) is 0 Å². The first-order chi connectivity index (χ1) is 10.1. The van der Waals surface area contributed by atoms with Crippen molar-refractivity contribution in [1.29, 1.82) is 0 Å². The van der Waals surface area contributed by atoms with Gasteiger partial charge < -0.3 is 10.2 Å². The summed E-state index contributed by atoms with van der Waals surface area (Å²) in [6.45, 7) is 8.09. The molecule has 2 nitrogen and oxygen atoms in total. The Balaban J connectivity index is 2.13. The van der Waals surface area contributed by atoms with Crippen molar-refractivity contribution in [2.45, 2.75) is 33.4 Å². The van der Waals surface area contributed by atoms with Crippen LogP contribution in [0.25, 0.3) is 0 Å². The fraction of sp³-hybridized carbons (Fsp3) is 0.333. The maximum Gasteiger partial charge on any atom is 0.123 e. The first-order valence-electron chi connectivity index (χ1n) is 7.45. The summed E-state index contributed by atoms with van der Waals surface area (Å²) >= 11 is 0. The first kappa shape index (κ1) is 15.5. The molecule has 0 spiro atoms. The summed E-state index contributed by atoms with van der Waals surface area (Å²) in [5.74, 6) is -0.204. The third kappa shape index (κ3) is 4.30. The second kappa shape index (κ2) is 7.23. The molecule has 1 N–H and O–H groups in total. The van der Waals surface area contributed by atoms with Gasteiger partial charge in [-0.3, -0.25) is 0 Å². The van der Waals surface area contributed by atoms with Gasteiger partial charge in [-0.25, -0.2) is 4.39 Å². The molecular weight excluding hydrogens is 263 g/mol. The molecule has 0 heterocycles. The van der Waals surface area contributed by atoms with E-state index in [1.807, 2.05) is 12.1 Å². The molecule has 0 aliphatic heterocycles. The van der Waals surface area contributed by atoms with E-state index in [-0.39, 0.29) is 5.82 Å². The molecule has 0 amide bonds. The number of halogens is 1. The largest absolute Gasteiger partial charge is 0.342 e. The van der Waals surface area contributed by atoms with Crippen molar-refractivity contribution in [3.05, 3.63) is 59.9 Å². The summed E-state index contributed by atoms with van der Waals surface area (Å²) in [7, 11) is 0. The smallest absolute Gasteiger partial charge is 0.123 e. The molecule has 112 valence electrons. The van der Waals surface area contributed by atoms with E-state index in [1.54, 1.807) is 0 Å². The van der Waals surface area contributed by atoms with Crippen LogP contribution in [-0.2, 0) is 6.54 Å². The topological polar surface area (TPSA) is 15.3 Å². The van der Waals surface area contributed by atoms with Crippen LogP contribution in [0.4, 0.5) is 15.8 Å². The second-order valence-electron chi connectivity index (χ2n) is 5.42. The summed E-state index contributed by atoms with van der Waals surface area (Å²) in [4.78, 5) is 2.17. The van der Waals surface area contributed by atoms with Crippen LogP contribution in [0.2, 0.25) is 0 Å². The number of hydrogen-bond acceptors (Lipinski definition) is 2. The standard InChI is InChI=1S/C18H23FN2/c1-4-21(18-11-7-16(19)8-12-18)17-9-5-15(6-10-17)13-20-14(2)3/h5-12,14,20H,4,13H2,1-3H3. The van der Waals surface area contributed by atoms with Gasteiger partial charge in [-0.05, 0) is 48.9 Å². The number of benzene rings is 2. The van der Waals surface area contributed by atoms with Crippen molar-refractivity contribution in [3.8, 4) is 0 Å². The average Bonchev–Trinajstić information content (AvgIpc) is 2.49. The summed E-state index contributed by atoms with van der Waals surface area (Å²) in [5, 5.41) is 3.41. The summed E-state index contributed by atoms with van der Waals surface area (Å²) in [5.41, 5.74) is 3.40. The predicted octanol–water partition coefficient (Wildman–Crippen LogP) is 4.48. The average molecular weight is 286 g/mol. The maximum absolute atomic E-state index is 13.0. The van der Waals surface area contributed by atoms with Gasteiger partial charge in [0.15, 0.2) is 0 Å². The van der Waals surface area contributed by atoms with Gasteiger partial charge in [0, 0.05) is 30.5 Å². The lowest BCUT2D eigenvalue weighted by Crippen LogP contribution is -2.22. The lowest BCUT2D eigenvalue weighted by atomic mass is 10.1. The van der Waals surface area contributed by atoms with E-state index in [0.29, 0.717) is 6.04 Å². The Morgan fingerprint density at radius 2 is 1.48 bits per heavy atom. The zero-order valence-electron chi connectivity index (χ0n) is 12.9. The monoisotopic (exact) mass is 286 g/mol. The lowest BCUT2D eigenvalue weighted by molar-refractivity contribution is 0.589. The van der Waals surface area contributed by atoms with Gasteiger partial charge >= 0.3 is 0 Å². The molecule has 0 radical (unpaired) electrons. The highest BCUT2D eigenvalue weighted by Gasteiger charge is 2.07. The van der Waals surface area contributed by atoms with E-state index >= 15 is 0 Å². The van der Waals surface area contributed by atoms with Crippen LogP contribution < -0.4 is 10.2 Å². The van der Waals surface area contributed by atoms with E-state index in [4.69, 9.17) is 0 Å². The highest BCUT2D eigenvalue weighted by molar-refractivity contribution is 5.63. The van der Waals surface area contributed by atoms with Crippen LogP contribution in [-0.4, -0.2) is 12.6 Å². The molecular formula is C18H23FN2. The summed E-state index contributed by atoms with van der Waals surface area (Å²) < 4.78 is 13.0. The summed E-state index contributed by atoms with van der Waals surface area (Å²) in [6, 6.07) is 15.6. The zero-order chi connectivity index (χ0) is 15.2. The molecule has 0 aliphatic carbocycles. The van der Waals surface area contributed by atoms with Crippen LogP contribution in [0.15, 0.2) is 48.5 Å². The molecule has 21 heavy (non-hydrogen) atoms. The SMILES string of the molecule is CCN(c1ccc(F)cc1)c1ccc(CNC(C)C)cc1. The van der Waals surface area contributed by atoms with Crippen molar-refractivity contribution in [1.82, 2.24) is 5.32 Å². The quantitative estimate of drug-likeness (QED) is 0.842. The van der Waals surface area contributed by atoms with Crippen LogP contribution in [0, 0.1) is 5.82 Å². The minimum Gasteiger partial charge on any atom is -0.342 e. The number of anilines is 2. The van der Waals surface area contributed by atoms with Crippen LogP contribution >= 0.6 is 0 Å². The molecule has 0 aromatic heterocycles.